The summed E-state index contributed by atoms with van der Waals surface area (Å²) in [5, 5.41) is 15.2. The van der Waals surface area contributed by atoms with Crippen LogP contribution in [0, 0.1) is 11.3 Å². The van der Waals surface area contributed by atoms with E-state index in [2.05, 4.69) is 11.2 Å². The van der Waals surface area contributed by atoms with Crippen molar-refractivity contribution in [2.75, 3.05) is 12.1 Å². The summed E-state index contributed by atoms with van der Waals surface area (Å²) in [6.45, 7) is 0. The third-order valence-electron chi connectivity index (χ3n) is 2.53. The third kappa shape index (κ3) is 2.74. The SMILES string of the molecule is CN(/N=C(\C#N)c1ccccc1)c1ccccc1. The first-order valence-electron chi connectivity index (χ1n) is 5.64. The van der Waals surface area contributed by atoms with E-state index in [-0.39, 0.29) is 0 Å². The molecule has 0 aliphatic heterocycles. The quantitative estimate of drug-likeness (QED) is 0.606. The first-order chi connectivity index (χ1) is 8.81. The molecule has 0 unspecified atom stereocenters. The van der Waals surface area contributed by atoms with Crippen LogP contribution in [0.5, 0.6) is 0 Å². The van der Waals surface area contributed by atoms with Crippen LogP contribution in [0.15, 0.2) is 65.8 Å². The second kappa shape index (κ2) is 5.65. The average Bonchev–Trinajstić information content (AvgIpc) is 2.46. The standard InChI is InChI=1S/C15H13N3/c1-18(14-10-6-3-7-11-14)17-15(12-16)13-8-4-2-5-9-13/h2-11H,1H3/b17-15+. The fourth-order valence-electron chi connectivity index (χ4n) is 1.59. The molecule has 0 amide bonds. The number of hydrogen-bond donors (Lipinski definition) is 0. The van der Waals surface area contributed by atoms with Crippen LogP contribution in [0.25, 0.3) is 0 Å². The average molecular weight is 235 g/mol. The van der Waals surface area contributed by atoms with Crippen molar-refractivity contribution >= 4 is 11.4 Å². The fourth-order valence-corrected chi connectivity index (χ4v) is 1.59. The molecule has 0 fully saturated rings. The molecule has 0 atom stereocenters. The van der Waals surface area contributed by atoms with Crippen molar-refractivity contribution in [3.8, 4) is 6.07 Å². The van der Waals surface area contributed by atoms with Gasteiger partial charge in [0.05, 0.1) is 5.69 Å². The molecule has 0 bridgehead atoms. The molecule has 2 rings (SSSR count). The Morgan fingerprint density at radius 2 is 1.56 bits per heavy atom. The predicted octanol–water partition coefficient (Wildman–Crippen LogP) is 3.05. The first-order valence-corrected chi connectivity index (χ1v) is 5.64. The molecule has 18 heavy (non-hydrogen) atoms. The molecule has 0 heterocycles. The summed E-state index contributed by atoms with van der Waals surface area (Å²) in [5.41, 5.74) is 2.17. The monoisotopic (exact) mass is 235 g/mol. The number of benzene rings is 2. The lowest BCUT2D eigenvalue weighted by atomic mass is 10.1. The van der Waals surface area contributed by atoms with Gasteiger partial charge in [-0.2, -0.15) is 10.4 Å². The van der Waals surface area contributed by atoms with Crippen LogP contribution in [0.1, 0.15) is 5.56 Å². The van der Waals surface area contributed by atoms with Gasteiger partial charge in [-0.3, -0.25) is 5.01 Å². The van der Waals surface area contributed by atoms with E-state index in [4.69, 9.17) is 5.26 Å². The number of rotatable bonds is 3. The Balaban J connectivity index is 2.29. The normalized spacial score (nSPS) is 10.8. The van der Waals surface area contributed by atoms with E-state index in [0.29, 0.717) is 5.71 Å². The van der Waals surface area contributed by atoms with Crippen LogP contribution in [-0.2, 0) is 0 Å². The number of nitriles is 1. The molecule has 0 aliphatic carbocycles. The minimum atomic E-state index is 0.405. The molecule has 0 radical (unpaired) electrons. The second-order valence-corrected chi connectivity index (χ2v) is 3.79. The van der Waals surface area contributed by atoms with Gasteiger partial charge in [-0.1, -0.05) is 48.5 Å². The van der Waals surface area contributed by atoms with Crippen LogP contribution < -0.4 is 5.01 Å². The van der Waals surface area contributed by atoms with Crippen molar-refractivity contribution in [2.45, 2.75) is 0 Å². The van der Waals surface area contributed by atoms with E-state index in [1.54, 1.807) is 5.01 Å². The van der Waals surface area contributed by atoms with E-state index in [9.17, 15) is 0 Å². The second-order valence-electron chi connectivity index (χ2n) is 3.79. The van der Waals surface area contributed by atoms with Gasteiger partial charge >= 0.3 is 0 Å². The molecule has 0 spiro atoms. The number of para-hydroxylation sites is 1. The Morgan fingerprint density at radius 1 is 1.00 bits per heavy atom. The molecule has 0 N–H and O–H groups in total. The summed E-state index contributed by atoms with van der Waals surface area (Å²) in [6, 6.07) is 21.3. The predicted molar refractivity (Wildman–Crippen MR) is 73.4 cm³/mol. The van der Waals surface area contributed by atoms with E-state index in [1.807, 2.05) is 67.7 Å². The fraction of sp³-hybridized carbons (Fsp3) is 0.0667. The van der Waals surface area contributed by atoms with Crippen LogP contribution in [0.3, 0.4) is 0 Å². The minimum Gasteiger partial charge on any atom is -0.267 e. The van der Waals surface area contributed by atoms with Gasteiger partial charge in [-0.25, -0.2) is 0 Å². The molecule has 3 nitrogen and oxygen atoms in total. The van der Waals surface area contributed by atoms with Gasteiger partial charge < -0.3 is 0 Å². The van der Waals surface area contributed by atoms with Gasteiger partial charge in [-0.15, -0.1) is 0 Å². The number of nitrogens with zero attached hydrogens (tertiary/aromatic N) is 3. The minimum absolute atomic E-state index is 0.405. The summed E-state index contributed by atoms with van der Waals surface area (Å²) >= 11 is 0. The van der Waals surface area contributed by atoms with E-state index >= 15 is 0 Å². The Hall–Kier alpha value is -2.60. The van der Waals surface area contributed by atoms with Gasteiger partial charge in [-0.05, 0) is 12.1 Å². The van der Waals surface area contributed by atoms with Crippen molar-refractivity contribution in [1.29, 1.82) is 5.26 Å². The Kier molecular flexibility index (Phi) is 3.72. The molecule has 2 aromatic carbocycles. The molecule has 0 saturated heterocycles. The molecule has 0 aliphatic rings. The van der Waals surface area contributed by atoms with E-state index in [1.165, 1.54) is 0 Å². The smallest absolute Gasteiger partial charge is 0.168 e. The molecule has 0 aromatic heterocycles. The molecule has 0 saturated carbocycles. The summed E-state index contributed by atoms with van der Waals surface area (Å²) in [6.07, 6.45) is 0. The summed E-state index contributed by atoms with van der Waals surface area (Å²) in [7, 11) is 1.83. The van der Waals surface area contributed by atoms with Crippen LogP contribution in [-0.4, -0.2) is 12.8 Å². The Bertz CT molecular complexity index is 568. The van der Waals surface area contributed by atoms with Crippen molar-refractivity contribution in [3.05, 3.63) is 66.2 Å². The van der Waals surface area contributed by atoms with Gasteiger partial charge in [0.2, 0.25) is 0 Å². The number of hydrazone groups is 1. The van der Waals surface area contributed by atoms with Crippen molar-refractivity contribution in [3.63, 3.8) is 0 Å². The molecule has 88 valence electrons. The third-order valence-corrected chi connectivity index (χ3v) is 2.53. The first kappa shape index (κ1) is 11.9. The highest BCUT2D eigenvalue weighted by molar-refractivity contribution is 6.11. The molecule has 3 heteroatoms. The van der Waals surface area contributed by atoms with Crippen molar-refractivity contribution < 1.29 is 0 Å². The van der Waals surface area contributed by atoms with Crippen molar-refractivity contribution in [2.24, 2.45) is 5.10 Å². The molecular weight excluding hydrogens is 222 g/mol. The summed E-state index contributed by atoms with van der Waals surface area (Å²) in [4.78, 5) is 0. The lowest BCUT2D eigenvalue weighted by molar-refractivity contribution is 1.02. The van der Waals surface area contributed by atoms with Crippen LogP contribution in [0.2, 0.25) is 0 Å². The zero-order chi connectivity index (χ0) is 12.8. The number of anilines is 1. The lowest BCUT2D eigenvalue weighted by Crippen LogP contribution is -2.12. The maximum Gasteiger partial charge on any atom is 0.168 e. The Labute approximate surface area is 107 Å². The van der Waals surface area contributed by atoms with Crippen LogP contribution in [0.4, 0.5) is 5.69 Å². The van der Waals surface area contributed by atoms with Gasteiger partial charge in [0.25, 0.3) is 0 Å². The van der Waals surface area contributed by atoms with Gasteiger partial charge in [0.1, 0.15) is 6.07 Å². The van der Waals surface area contributed by atoms with Crippen molar-refractivity contribution in [1.82, 2.24) is 0 Å². The van der Waals surface area contributed by atoms with Gasteiger partial charge in [0, 0.05) is 12.6 Å². The maximum absolute atomic E-state index is 9.17. The largest absolute Gasteiger partial charge is 0.267 e. The number of hydrogen-bond acceptors (Lipinski definition) is 3. The van der Waals surface area contributed by atoms with Gasteiger partial charge in [0.15, 0.2) is 5.71 Å². The van der Waals surface area contributed by atoms with E-state index in [0.717, 1.165) is 11.3 Å². The highest BCUT2D eigenvalue weighted by atomic mass is 15.4. The van der Waals surface area contributed by atoms with E-state index < -0.39 is 0 Å². The zero-order valence-corrected chi connectivity index (χ0v) is 10.1. The van der Waals surface area contributed by atoms with Crippen LogP contribution >= 0.6 is 0 Å². The Morgan fingerprint density at radius 3 is 2.11 bits per heavy atom. The zero-order valence-electron chi connectivity index (χ0n) is 10.1. The molecular formula is C15H13N3. The molecule has 2 aromatic rings. The topological polar surface area (TPSA) is 39.4 Å². The highest BCUT2D eigenvalue weighted by Crippen LogP contribution is 2.12. The highest BCUT2D eigenvalue weighted by Gasteiger charge is 2.04. The summed E-state index contributed by atoms with van der Waals surface area (Å²) < 4.78 is 0. The lowest BCUT2D eigenvalue weighted by Gasteiger charge is -2.13. The summed E-state index contributed by atoms with van der Waals surface area (Å²) in [5.74, 6) is 0. The maximum atomic E-state index is 9.17.